The number of fused-ring (bicyclic) bond motifs is 1. The first kappa shape index (κ1) is 16.3. The highest BCUT2D eigenvalue weighted by molar-refractivity contribution is 6.30. The van der Waals surface area contributed by atoms with Crippen LogP contribution in [0.1, 0.15) is 22.8 Å². The molecule has 1 N–H and O–H groups in total. The highest BCUT2D eigenvalue weighted by atomic mass is 35.5. The summed E-state index contributed by atoms with van der Waals surface area (Å²) in [5.41, 5.74) is 2.80. The lowest BCUT2D eigenvalue weighted by Crippen LogP contribution is -2.11. The molecule has 0 amide bonds. The molecule has 0 saturated carbocycles. The molecule has 0 radical (unpaired) electrons. The Bertz CT molecular complexity index is 874. The SMILES string of the molecule is CCOC(=O)c1cnc2c(cnn2C)c1NCc1ccc(Cl)cc1. The largest absolute Gasteiger partial charge is 0.462 e. The molecule has 0 spiro atoms. The van der Waals surface area contributed by atoms with Crippen molar-refractivity contribution < 1.29 is 9.53 Å². The Morgan fingerprint density at radius 2 is 2.04 bits per heavy atom. The van der Waals surface area contributed by atoms with E-state index in [1.807, 2.05) is 31.3 Å². The molecule has 1 aromatic carbocycles. The van der Waals surface area contributed by atoms with Crippen molar-refractivity contribution in [3.63, 3.8) is 0 Å². The Balaban J connectivity index is 1.97. The number of aromatic nitrogens is 3. The lowest BCUT2D eigenvalue weighted by molar-refractivity contribution is 0.0527. The second-order valence-electron chi connectivity index (χ2n) is 5.25. The van der Waals surface area contributed by atoms with E-state index in [1.54, 1.807) is 17.8 Å². The van der Waals surface area contributed by atoms with Gasteiger partial charge < -0.3 is 10.1 Å². The molecular formula is C17H17ClN4O2. The quantitative estimate of drug-likeness (QED) is 0.718. The summed E-state index contributed by atoms with van der Waals surface area (Å²) in [4.78, 5) is 16.5. The molecule has 24 heavy (non-hydrogen) atoms. The van der Waals surface area contributed by atoms with Gasteiger partial charge in [0.25, 0.3) is 0 Å². The van der Waals surface area contributed by atoms with Crippen LogP contribution in [-0.4, -0.2) is 27.3 Å². The predicted molar refractivity (Wildman–Crippen MR) is 93.2 cm³/mol. The lowest BCUT2D eigenvalue weighted by atomic mass is 10.1. The fraction of sp³-hybridized carbons (Fsp3) is 0.235. The summed E-state index contributed by atoms with van der Waals surface area (Å²) in [7, 11) is 1.81. The van der Waals surface area contributed by atoms with Crippen molar-refractivity contribution in [3.05, 3.63) is 52.8 Å². The molecule has 3 rings (SSSR count). The number of aryl methyl sites for hydroxylation is 1. The minimum atomic E-state index is -0.408. The zero-order valence-electron chi connectivity index (χ0n) is 13.4. The average Bonchev–Trinajstić information content (AvgIpc) is 2.96. The maximum absolute atomic E-state index is 12.2. The molecule has 0 aliphatic heterocycles. The number of pyridine rings is 1. The van der Waals surface area contributed by atoms with E-state index in [2.05, 4.69) is 15.4 Å². The topological polar surface area (TPSA) is 69.0 Å². The van der Waals surface area contributed by atoms with Crippen LogP contribution in [0.4, 0.5) is 5.69 Å². The summed E-state index contributed by atoms with van der Waals surface area (Å²) < 4.78 is 6.79. The normalized spacial score (nSPS) is 10.8. The predicted octanol–water partition coefficient (Wildman–Crippen LogP) is 3.41. The number of hydrogen-bond donors (Lipinski definition) is 1. The van der Waals surface area contributed by atoms with Crippen LogP contribution in [0.15, 0.2) is 36.7 Å². The number of carbonyl (C=O) groups is 1. The number of carbonyl (C=O) groups excluding carboxylic acids is 1. The number of ether oxygens (including phenoxy) is 1. The van der Waals surface area contributed by atoms with Crippen LogP contribution in [0.2, 0.25) is 5.02 Å². The molecule has 0 unspecified atom stereocenters. The van der Waals surface area contributed by atoms with Crippen molar-refractivity contribution in [1.82, 2.24) is 14.8 Å². The van der Waals surface area contributed by atoms with Gasteiger partial charge in [-0.1, -0.05) is 23.7 Å². The van der Waals surface area contributed by atoms with E-state index in [-0.39, 0.29) is 0 Å². The summed E-state index contributed by atoms with van der Waals surface area (Å²) in [5.74, 6) is -0.408. The molecule has 7 heteroatoms. The molecule has 2 heterocycles. The van der Waals surface area contributed by atoms with Gasteiger partial charge in [0.05, 0.1) is 23.9 Å². The maximum Gasteiger partial charge on any atom is 0.341 e. The molecule has 0 aliphatic rings. The number of hydrogen-bond acceptors (Lipinski definition) is 5. The highest BCUT2D eigenvalue weighted by Crippen LogP contribution is 2.27. The van der Waals surface area contributed by atoms with Gasteiger partial charge in [-0.25, -0.2) is 9.78 Å². The van der Waals surface area contributed by atoms with Gasteiger partial charge in [-0.2, -0.15) is 5.10 Å². The van der Waals surface area contributed by atoms with Gasteiger partial charge in [0.2, 0.25) is 0 Å². The highest BCUT2D eigenvalue weighted by Gasteiger charge is 2.18. The number of halogens is 1. The smallest absolute Gasteiger partial charge is 0.341 e. The molecule has 0 aliphatic carbocycles. The second-order valence-corrected chi connectivity index (χ2v) is 5.69. The van der Waals surface area contributed by atoms with Crippen molar-refractivity contribution in [2.45, 2.75) is 13.5 Å². The summed E-state index contributed by atoms with van der Waals surface area (Å²) in [6.45, 7) is 2.62. The Morgan fingerprint density at radius 1 is 1.29 bits per heavy atom. The molecule has 6 nitrogen and oxygen atoms in total. The Hall–Kier alpha value is -2.60. The van der Waals surface area contributed by atoms with E-state index in [0.717, 1.165) is 10.9 Å². The molecule has 0 saturated heterocycles. The van der Waals surface area contributed by atoms with Crippen molar-refractivity contribution in [1.29, 1.82) is 0 Å². The van der Waals surface area contributed by atoms with Gasteiger partial charge in [-0.15, -0.1) is 0 Å². The fourth-order valence-corrected chi connectivity index (χ4v) is 2.57. The average molecular weight is 345 g/mol. The molecule has 2 aromatic heterocycles. The minimum Gasteiger partial charge on any atom is -0.462 e. The van der Waals surface area contributed by atoms with E-state index >= 15 is 0 Å². The van der Waals surface area contributed by atoms with Gasteiger partial charge >= 0.3 is 5.97 Å². The van der Waals surface area contributed by atoms with Gasteiger partial charge in [-0.05, 0) is 24.6 Å². The third kappa shape index (κ3) is 3.19. The van der Waals surface area contributed by atoms with E-state index in [4.69, 9.17) is 16.3 Å². The fourth-order valence-electron chi connectivity index (χ4n) is 2.44. The Morgan fingerprint density at radius 3 is 2.75 bits per heavy atom. The Kier molecular flexibility index (Phi) is 4.66. The zero-order valence-corrected chi connectivity index (χ0v) is 14.2. The summed E-state index contributed by atoms with van der Waals surface area (Å²) in [6.07, 6.45) is 3.21. The first-order chi connectivity index (χ1) is 11.6. The van der Waals surface area contributed by atoms with Crippen LogP contribution < -0.4 is 5.32 Å². The first-order valence-corrected chi connectivity index (χ1v) is 7.94. The van der Waals surface area contributed by atoms with E-state index in [0.29, 0.717) is 35.1 Å². The third-order valence-electron chi connectivity index (χ3n) is 3.64. The Labute approximate surface area is 144 Å². The van der Waals surface area contributed by atoms with Crippen LogP contribution in [-0.2, 0) is 18.3 Å². The van der Waals surface area contributed by atoms with Crippen LogP contribution in [0.5, 0.6) is 0 Å². The first-order valence-electron chi connectivity index (χ1n) is 7.56. The maximum atomic E-state index is 12.2. The van der Waals surface area contributed by atoms with Crippen molar-refractivity contribution in [2.24, 2.45) is 7.05 Å². The third-order valence-corrected chi connectivity index (χ3v) is 3.89. The summed E-state index contributed by atoms with van der Waals surface area (Å²) in [5, 5.41) is 8.98. The van der Waals surface area contributed by atoms with Crippen LogP contribution in [0.25, 0.3) is 11.0 Å². The van der Waals surface area contributed by atoms with Crippen molar-refractivity contribution in [3.8, 4) is 0 Å². The molecule has 0 atom stereocenters. The summed E-state index contributed by atoms with van der Waals surface area (Å²) in [6, 6.07) is 7.52. The van der Waals surface area contributed by atoms with Gasteiger partial charge in [-0.3, -0.25) is 4.68 Å². The van der Waals surface area contributed by atoms with Crippen molar-refractivity contribution >= 4 is 34.3 Å². The molecule has 0 bridgehead atoms. The minimum absolute atomic E-state index is 0.306. The van der Waals surface area contributed by atoms with Gasteiger partial charge in [0.1, 0.15) is 5.56 Å². The lowest BCUT2D eigenvalue weighted by Gasteiger charge is -2.12. The number of nitrogens with zero attached hydrogens (tertiary/aromatic N) is 3. The van der Waals surface area contributed by atoms with E-state index < -0.39 is 5.97 Å². The second kappa shape index (κ2) is 6.88. The number of rotatable bonds is 5. The standard InChI is InChI=1S/C17H17ClN4O2/c1-3-24-17(23)14-9-20-16-13(10-21-22(16)2)15(14)19-8-11-4-6-12(18)7-5-11/h4-7,9-10H,3,8H2,1-2H3,(H,19,20). The molecular weight excluding hydrogens is 328 g/mol. The summed E-state index contributed by atoms with van der Waals surface area (Å²) >= 11 is 5.91. The molecule has 124 valence electrons. The van der Waals surface area contributed by atoms with Crippen LogP contribution in [0.3, 0.4) is 0 Å². The molecule has 0 fully saturated rings. The molecule has 3 aromatic rings. The van der Waals surface area contributed by atoms with Crippen molar-refractivity contribution in [2.75, 3.05) is 11.9 Å². The zero-order chi connectivity index (χ0) is 17.1. The monoisotopic (exact) mass is 344 g/mol. The van der Waals surface area contributed by atoms with E-state index in [1.165, 1.54) is 6.20 Å². The van der Waals surface area contributed by atoms with E-state index in [9.17, 15) is 4.79 Å². The number of esters is 1. The van der Waals surface area contributed by atoms with Gasteiger partial charge in [0, 0.05) is 24.8 Å². The number of anilines is 1. The van der Waals surface area contributed by atoms with Crippen LogP contribution in [0, 0.1) is 0 Å². The number of benzene rings is 1. The van der Waals surface area contributed by atoms with Gasteiger partial charge in [0.15, 0.2) is 5.65 Å². The van der Waals surface area contributed by atoms with Crippen LogP contribution >= 0.6 is 11.6 Å². The number of nitrogens with one attached hydrogen (secondary N) is 1.